The van der Waals surface area contributed by atoms with Crippen LogP contribution in [0.1, 0.15) is 18.4 Å². The fourth-order valence-electron chi connectivity index (χ4n) is 2.99. The zero-order valence-corrected chi connectivity index (χ0v) is 15.5. The van der Waals surface area contributed by atoms with Gasteiger partial charge in [-0.25, -0.2) is 4.79 Å². The number of nitrogens with one attached hydrogen (secondary N) is 2. The molecule has 7 heteroatoms. The Kier molecular flexibility index (Phi) is 7.44. The van der Waals surface area contributed by atoms with Crippen LogP contribution >= 0.6 is 0 Å². The van der Waals surface area contributed by atoms with Crippen LogP contribution in [0.4, 0.5) is 4.79 Å². The molecule has 0 radical (unpaired) electrons. The van der Waals surface area contributed by atoms with Gasteiger partial charge < -0.3 is 20.4 Å². The molecule has 0 unspecified atom stereocenters. The highest BCUT2D eigenvalue weighted by molar-refractivity contribution is 5.80. The number of rotatable bonds is 6. The van der Waals surface area contributed by atoms with E-state index in [1.807, 2.05) is 30.3 Å². The van der Waals surface area contributed by atoms with Crippen molar-refractivity contribution in [3.8, 4) is 0 Å². The van der Waals surface area contributed by atoms with Gasteiger partial charge in [0.15, 0.2) is 0 Å². The number of likely N-dealkylation sites (tertiary alicyclic amines) is 1. The first-order chi connectivity index (χ1) is 12.5. The fraction of sp³-hybridized carbons (Fsp3) is 0.526. The van der Waals surface area contributed by atoms with E-state index in [-0.39, 0.29) is 23.8 Å². The highest BCUT2D eigenvalue weighted by atomic mass is 16.2. The van der Waals surface area contributed by atoms with Crippen LogP contribution in [0.15, 0.2) is 30.3 Å². The van der Waals surface area contributed by atoms with Gasteiger partial charge >= 0.3 is 6.03 Å². The van der Waals surface area contributed by atoms with Crippen molar-refractivity contribution in [2.75, 3.05) is 40.3 Å². The van der Waals surface area contributed by atoms with Gasteiger partial charge in [0, 0.05) is 46.2 Å². The Morgan fingerprint density at radius 2 is 1.65 bits per heavy atom. The predicted molar refractivity (Wildman–Crippen MR) is 99.5 cm³/mol. The second-order valence-electron chi connectivity index (χ2n) is 6.74. The molecule has 0 bridgehead atoms. The molecule has 1 aliphatic rings. The minimum Gasteiger partial charge on any atom is -0.354 e. The first-order valence-corrected chi connectivity index (χ1v) is 9.02. The number of hydrogen-bond donors (Lipinski definition) is 2. The second-order valence-corrected chi connectivity index (χ2v) is 6.74. The van der Waals surface area contributed by atoms with E-state index >= 15 is 0 Å². The minimum absolute atomic E-state index is 0.000685. The van der Waals surface area contributed by atoms with Gasteiger partial charge in [-0.05, 0) is 18.4 Å². The largest absolute Gasteiger partial charge is 0.354 e. The van der Waals surface area contributed by atoms with Crippen molar-refractivity contribution < 1.29 is 14.4 Å². The number of nitrogens with zero attached hydrogens (tertiary/aromatic N) is 2. The third kappa shape index (κ3) is 6.06. The van der Waals surface area contributed by atoms with Crippen molar-refractivity contribution in [1.82, 2.24) is 20.4 Å². The third-order valence-corrected chi connectivity index (χ3v) is 4.47. The first-order valence-electron chi connectivity index (χ1n) is 9.02. The van der Waals surface area contributed by atoms with E-state index in [1.54, 1.807) is 23.9 Å². The van der Waals surface area contributed by atoms with Gasteiger partial charge in [-0.15, -0.1) is 0 Å². The molecule has 4 amide bonds. The molecule has 0 saturated carbocycles. The summed E-state index contributed by atoms with van der Waals surface area (Å²) in [4.78, 5) is 39.3. The highest BCUT2D eigenvalue weighted by Crippen LogP contribution is 2.18. The summed E-state index contributed by atoms with van der Waals surface area (Å²) in [6, 6.07) is 9.53. The summed E-state index contributed by atoms with van der Waals surface area (Å²) in [5.74, 6) is -0.124. The molecule has 0 aliphatic carbocycles. The summed E-state index contributed by atoms with van der Waals surface area (Å²) in [5.41, 5.74) is 0.966. The minimum atomic E-state index is -0.0683. The van der Waals surface area contributed by atoms with Gasteiger partial charge in [0.05, 0.1) is 6.42 Å². The average molecular weight is 360 g/mol. The lowest BCUT2D eigenvalue weighted by atomic mass is 9.96. The van der Waals surface area contributed by atoms with Crippen LogP contribution in [0.3, 0.4) is 0 Å². The van der Waals surface area contributed by atoms with Gasteiger partial charge in [-0.3, -0.25) is 9.59 Å². The number of hydrogen-bond acceptors (Lipinski definition) is 3. The maximum Gasteiger partial charge on any atom is 0.319 e. The van der Waals surface area contributed by atoms with Crippen LogP contribution in [-0.2, 0) is 16.0 Å². The molecule has 0 atom stereocenters. The highest BCUT2D eigenvalue weighted by Gasteiger charge is 2.27. The maximum absolute atomic E-state index is 12.2. The summed E-state index contributed by atoms with van der Waals surface area (Å²) in [5, 5.41) is 5.68. The molecule has 1 fully saturated rings. The number of urea groups is 1. The van der Waals surface area contributed by atoms with Crippen molar-refractivity contribution >= 4 is 17.8 Å². The molecule has 1 aliphatic heterocycles. The van der Waals surface area contributed by atoms with Gasteiger partial charge in [0.25, 0.3) is 0 Å². The van der Waals surface area contributed by atoms with E-state index < -0.39 is 0 Å². The molecule has 1 aromatic carbocycles. The topological polar surface area (TPSA) is 81.8 Å². The van der Waals surface area contributed by atoms with Gasteiger partial charge in [-0.1, -0.05) is 30.3 Å². The zero-order chi connectivity index (χ0) is 18.9. The van der Waals surface area contributed by atoms with E-state index in [2.05, 4.69) is 10.6 Å². The number of piperidine rings is 1. The van der Waals surface area contributed by atoms with Crippen LogP contribution in [-0.4, -0.2) is 67.9 Å². The Hall–Kier alpha value is -2.57. The summed E-state index contributed by atoms with van der Waals surface area (Å²) in [7, 11) is 3.46. The quantitative estimate of drug-likeness (QED) is 0.738. The fourth-order valence-corrected chi connectivity index (χ4v) is 2.99. The van der Waals surface area contributed by atoms with Crippen LogP contribution < -0.4 is 10.6 Å². The summed E-state index contributed by atoms with van der Waals surface area (Å²) in [6.07, 6.45) is 1.69. The molecule has 26 heavy (non-hydrogen) atoms. The standard InChI is InChI=1S/C19H28N4O3/c1-22(2)19(26)23-12-8-16(9-13-23)18(25)21-11-10-20-17(24)14-15-6-4-3-5-7-15/h3-7,16H,8-14H2,1-2H3,(H,20,24)(H,21,25). The number of carbonyl (C=O) groups excluding carboxylic acids is 3. The van der Waals surface area contributed by atoms with E-state index in [9.17, 15) is 14.4 Å². The molecule has 7 nitrogen and oxygen atoms in total. The molecular formula is C19H28N4O3. The van der Waals surface area contributed by atoms with Gasteiger partial charge in [0.1, 0.15) is 0 Å². The van der Waals surface area contributed by atoms with Crippen LogP contribution in [0.2, 0.25) is 0 Å². The van der Waals surface area contributed by atoms with Crippen molar-refractivity contribution in [2.24, 2.45) is 5.92 Å². The third-order valence-electron chi connectivity index (χ3n) is 4.47. The Morgan fingerprint density at radius 1 is 1.04 bits per heavy atom. The molecule has 1 saturated heterocycles. The van der Waals surface area contributed by atoms with Crippen molar-refractivity contribution in [3.05, 3.63) is 35.9 Å². The van der Waals surface area contributed by atoms with E-state index in [4.69, 9.17) is 0 Å². The zero-order valence-electron chi connectivity index (χ0n) is 15.5. The number of amides is 4. The number of benzene rings is 1. The first kappa shape index (κ1) is 19.8. The van der Waals surface area contributed by atoms with Gasteiger partial charge in [-0.2, -0.15) is 0 Å². The van der Waals surface area contributed by atoms with Crippen molar-refractivity contribution in [1.29, 1.82) is 0 Å². The van der Waals surface area contributed by atoms with Crippen LogP contribution in [0.5, 0.6) is 0 Å². The van der Waals surface area contributed by atoms with Gasteiger partial charge in [0.2, 0.25) is 11.8 Å². The Labute approximate surface area is 154 Å². The molecular weight excluding hydrogens is 332 g/mol. The van der Waals surface area contributed by atoms with Crippen molar-refractivity contribution in [3.63, 3.8) is 0 Å². The van der Waals surface area contributed by atoms with Crippen LogP contribution in [0.25, 0.3) is 0 Å². The molecule has 0 aromatic heterocycles. The molecule has 142 valence electrons. The maximum atomic E-state index is 12.2. The molecule has 1 heterocycles. The lowest BCUT2D eigenvalue weighted by Gasteiger charge is -2.33. The predicted octanol–water partition coefficient (Wildman–Crippen LogP) is 0.855. The van der Waals surface area contributed by atoms with E-state index in [1.165, 1.54) is 0 Å². The molecule has 2 N–H and O–H groups in total. The number of carbonyl (C=O) groups is 3. The Morgan fingerprint density at radius 3 is 2.27 bits per heavy atom. The van der Waals surface area contributed by atoms with E-state index in [0.29, 0.717) is 45.4 Å². The molecule has 1 aromatic rings. The summed E-state index contributed by atoms with van der Waals surface area (Å²) < 4.78 is 0. The smallest absolute Gasteiger partial charge is 0.319 e. The lowest BCUT2D eigenvalue weighted by Crippen LogP contribution is -2.47. The molecule has 0 spiro atoms. The summed E-state index contributed by atoms with van der Waals surface area (Å²) >= 11 is 0. The Bertz CT molecular complexity index is 610. The van der Waals surface area contributed by atoms with Crippen molar-refractivity contribution in [2.45, 2.75) is 19.3 Å². The Balaban J connectivity index is 1.61. The SMILES string of the molecule is CN(C)C(=O)N1CCC(C(=O)NCCNC(=O)Cc2ccccc2)CC1. The normalized spacial score (nSPS) is 14.6. The summed E-state index contributed by atoms with van der Waals surface area (Å²) in [6.45, 7) is 2.03. The van der Waals surface area contributed by atoms with E-state index in [0.717, 1.165) is 5.56 Å². The lowest BCUT2D eigenvalue weighted by molar-refractivity contribution is -0.126. The van der Waals surface area contributed by atoms with Crippen LogP contribution in [0, 0.1) is 5.92 Å². The second kappa shape index (κ2) is 9.79. The average Bonchev–Trinajstić information content (AvgIpc) is 2.65. The monoisotopic (exact) mass is 360 g/mol. The molecule has 2 rings (SSSR count).